The van der Waals surface area contributed by atoms with Gasteiger partial charge in [-0.3, -0.25) is 23.4 Å². The van der Waals surface area contributed by atoms with Crippen molar-refractivity contribution in [1.29, 1.82) is 0 Å². The van der Waals surface area contributed by atoms with E-state index >= 15 is 0 Å². The minimum absolute atomic E-state index is 0.114. The van der Waals surface area contributed by atoms with E-state index in [-0.39, 0.29) is 25.9 Å². The minimum Gasteiger partial charge on any atom is -0.462 e. The highest BCUT2D eigenvalue weighted by Crippen LogP contribution is 2.43. The fraction of sp³-hybridized carbons (Fsp3) is 0.759. The van der Waals surface area contributed by atoms with E-state index in [4.69, 9.17) is 23.3 Å². The van der Waals surface area contributed by atoms with E-state index in [9.17, 15) is 28.9 Å². The fourth-order valence-corrected chi connectivity index (χ4v) is 7.71. The molecule has 66 heavy (non-hydrogen) atoms. The van der Waals surface area contributed by atoms with Gasteiger partial charge < -0.3 is 24.2 Å². The number of hydrogen-bond donors (Lipinski definition) is 2. The summed E-state index contributed by atoms with van der Waals surface area (Å²) in [5.74, 6) is -1.52. The molecule has 0 spiro atoms. The van der Waals surface area contributed by atoms with E-state index in [1.54, 1.807) is 0 Å². The molecule has 3 unspecified atom stereocenters. The largest absolute Gasteiger partial charge is 0.472 e. The number of ether oxygens (including phenoxy) is 3. The molecule has 0 saturated carbocycles. The van der Waals surface area contributed by atoms with Gasteiger partial charge >= 0.3 is 25.7 Å². The van der Waals surface area contributed by atoms with E-state index in [2.05, 4.69) is 81.5 Å². The number of aliphatic hydroxyl groups is 1. The summed E-state index contributed by atoms with van der Waals surface area (Å²) in [7, 11) is -4.75. The molecule has 382 valence electrons. The maximum Gasteiger partial charge on any atom is 0.472 e. The van der Waals surface area contributed by atoms with Crippen molar-refractivity contribution in [3.63, 3.8) is 0 Å². The number of rotatable bonds is 48. The zero-order valence-corrected chi connectivity index (χ0v) is 42.8. The van der Waals surface area contributed by atoms with E-state index in [0.29, 0.717) is 19.3 Å². The van der Waals surface area contributed by atoms with Crippen LogP contribution in [0, 0.1) is 0 Å². The van der Waals surface area contributed by atoms with Crippen LogP contribution in [0.25, 0.3) is 0 Å². The molecule has 0 heterocycles. The Morgan fingerprint density at radius 2 is 0.788 bits per heavy atom. The van der Waals surface area contributed by atoms with Crippen molar-refractivity contribution in [1.82, 2.24) is 0 Å². The van der Waals surface area contributed by atoms with Crippen molar-refractivity contribution in [3.05, 3.63) is 60.8 Å². The molecule has 11 nitrogen and oxygen atoms in total. The second kappa shape index (κ2) is 48.6. The number of phosphoric ester groups is 1. The second-order valence-electron chi connectivity index (χ2n) is 17.3. The number of unbranched alkanes of at least 4 members (excludes halogenated alkanes) is 21. The number of carbonyl (C=O) groups is 3. The second-order valence-corrected chi connectivity index (χ2v) is 18.8. The lowest BCUT2D eigenvalue weighted by Gasteiger charge is -2.21. The third-order valence-corrected chi connectivity index (χ3v) is 11.9. The zero-order chi connectivity index (χ0) is 48.4. The number of esters is 3. The Labute approximate surface area is 402 Å². The van der Waals surface area contributed by atoms with Crippen LogP contribution in [0.4, 0.5) is 0 Å². The minimum atomic E-state index is -4.75. The highest BCUT2D eigenvalue weighted by molar-refractivity contribution is 7.47. The first-order chi connectivity index (χ1) is 32.2. The summed E-state index contributed by atoms with van der Waals surface area (Å²) in [5.41, 5.74) is 0. The molecule has 0 aliphatic heterocycles. The Bertz CT molecular complexity index is 1340. The molecule has 3 atom stereocenters. The maximum atomic E-state index is 12.8. The average Bonchev–Trinajstić information content (AvgIpc) is 3.30. The van der Waals surface area contributed by atoms with Crippen molar-refractivity contribution >= 4 is 25.7 Å². The van der Waals surface area contributed by atoms with Gasteiger partial charge in [-0.25, -0.2) is 4.57 Å². The molecule has 0 aromatic rings. The average molecular weight is 951 g/mol. The molecule has 12 heteroatoms. The van der Waals surface area contributed by atoms with Crippen molar-refractivity contribution < 1.29 is 52.2 Å². The normalized spacial score (nSPS) is 14.0. The van der Waals surface area contributed by atoms with Crippen LogP contribution in [0.15, 0.2) is 60.8 Å². The number of carbonyl (C=O) groups excluding carboxylic acids is 3. The van der Waals surface area contributed by atoms with E-state index < -0.39 is 57.8 Å². The molecule has 0 rings (SSSR count). The first-order valence-corrected chi connectivity index (χ1v) is 27.7. The number of aliphatic hydroxyl groups excluding tert-OH is 1. The molecule has 2 N–H and O–H groups in total. The Kier molecular flexibility index (Phi) is 46.6. The molecule has 0 aliphatic rings. The topological polar surface area (TPSA) is 155 Å². The molecule has 0 radical (unpaired) electrons. The monoisotopic (exact) mass is 951 g/mol. The van der Waals surface area contributed by atoms with Gasteiger partial charge in [0.05, 0.1) is 19.8 Å². The Hall–Kier alpha value is -2.82. The fourth-order valence-electron chi connectivity index (χ4n) is 6.93. The molecular formula is C54H95O11P. The SMILES string of the molecule is CC/C=C\C/C=C\C/C=C\C/C=C\CCCCC(=O)OC(COC(=O)CCCCCCC/C=C\CCCCCCCC)COP(=O)(O)OCC(CO)OC(=O)CCCCCCCCCCC. The third-order valence-electron chi connectivity index (χ3n) is 10.9. The Morgan fingerprint density at radius 3 is 1.26 bits per heavy atom. The van der Waals surface area contributed by atoms with Gasteiger partial charge in [0.15, 0.2) is 6.10 Å². The molecule has 0 amide bonds. The number of phosphoric acid groups is 1. The van der Waals surface area contributed by atoms with Crippen LogP contribution in [0.3, 0.4) is 0 Å². The predicted octanol–water partition coefficient (Wildman–Crippen LogP) is 14.8. The van der Waals surface area contributed by atoms with Gasteiger partial charge in [-0.1, -0.05) is 184 Å². The van der Waals surface area contributed by atoms with Gasteiger partial charge in [0.1, 0.15) is 12.7 Å². The quantitative estimate of drug-likeness (QED) is 0.0197. The van der Waals surface area contributed by atoms with Crippen molar-refractivity contribution in [2.75, 3.05) is 26.4 Å². The van der Waals surface area contributed by atoms with Crippen LogP contribution in [-0.4, -0.2) is 66.5 Å². The summed E-state index contributed by atoms with van der Waals surface area (Å²) in [4.78, 5) is 48.2. The molecule has 0 saturated heterocycles. The van der Waals surface area contributed by atoms with Crippen molar-refractivity contribution in [3.8, 4) is 0 Å². The van der Waals surface area contributed by atoms with Crippen LogP contribution < -0.4 is 0 Å². The summed E-state index contributed by atoms with van der Waals surface area (Å²) < 4.78 is 39.3. The summed E-state index contributed by atoms with van der Waals surface area (Å²) in [6, 6.07) is 0. The summed E-state index contributed by atoms with van der Waals surface area (Å²) in [6.07, 6.45) is 50.6. The third kappa shape index (κ3) is 46.3. The van der Waals surface area contributed by atoms with Gasteiger partial charge in [0.2, 0.25) is 0 Å². The molecular weight excluding hydrogens is 856 g/mol. The van der Waals surface area contributed by atoms with Gasteiger partial charge in [-0.2, -0.15) is 0 Å². The highest BCUT2D eigenvalue weighted by Gasteiger charge is 2.28. The van der Waals surface area contributed by atoms with Crippen LogP contribution >= 0.6 is 7.82 Å². The van der Waals surface area contributed by atoms with E-state index in [1.807, 2.05) is 0 Å². The summed E-state index contributed by atoms with van der Waals surface area (Å²) >= 11 is 0. The van der Waals surface area contributed by atoms with Crippen LogP contribution in [0.5, 0.6) is 0 Å². The lowest BCUT2D eigenvalue weighted by molar-refractivity contribution is -0.161. The highest BCUT2D eigenvalue weighted by atomic mass is 31.2. The number of hydrogen-bond acceptors (Lipinski definition) is 10. The Balaban J connectivity index is 4.82. The molecule has 0 aromatic carbocycles. The van der Waals surface area contributed by atoms with Crippen LogP contribution in [-0.2, 0) is 42.2 Å². The van der Waals surface area contributed by atoms with Crippen LogP contribution in [0.2, 0.25) is 0 Å². The first-order valence-electron chi connectivity index (χ1n) is 26.2. The standard InChI is InChI=1S/C54H95O11P/c1-4-7-10-13-16-19-21-23-25-27-29-32-34-37-40-43-52(56)61-47-51(65-54(58)45-42-39-36-33-30-28-26-24-22-20-17-14-11-8-5-2)49-63-66(59,60)62-48-50(46-55)64-53(57)44-41-38-35-31-18-15-12-9-6-3/h8,11,17,20,23-26,30,33,50-51,55H,4-7,9-10,12-16,18-19,21-22,27-29,31-32,34-49H2,1-3H3,(H,59,60)/b11-8-,20-17-,25-23-,26-24-,33-30-. The molecule has 0 fully saturated rings. The van der Waals surface area contributed by atoms with Gasteiger partial charge in [0.25, 0.3) is 0 Å². The summed E-state index contributed by atoms with van der Waals surface area (Å²) in [6.45, 7) is 4.43. The van der Waals surface area contributed by atoms with Gasteiger partial charge in [0, 0.05) is 19.3 Å². The van der Waals surface area contributed by atoms with Crippen molar-refractivity contribution in [2.45, 2.75) is 238 Å². The smallest absolute Gasteiger partial charge is 0.462 e. The van der Waals surface area contributed by atoms with E-state index in [0.717, 1.165) is 96.3 Å². The summed E-state index contributed by atoms with van der Waals surface area (Å²) in [5, 5.41) is 9.74. The lowest BCUT2D eigenvalue weighted by atomic mass is 10.1. The van der Waals surface area contributed by atoms with E-state index in [1.165, 1.54) is 70.6 Å². The van der Waals surface area contributed by atoms with Gasteiger partial charge in [-0.05, 0) is 83.5 Å². The first kappa shape index (κ1) is 63.2. The zero-order valence-electron chi connectivity index (χ0n) is 41.9. The molecule has 0 aromatic heterocycles. The maximum absolute atomic E-state index is 12.8. The predicted molar refractivity (Wildman–Crippen MR) is 270 cm³/mol. The Morgan fingerprint density at radius 1 is 0.439 bits per heavy atom. The van der Waals surface area contributed by atoms with Gasteiger partial charge in [-0.15, -0.1) is 0 Å². The molecule has 0 aliphatic carbocycles. The number of allylic oxidation sites excluding steroid dienone is 10. The van der Waals surface area contributed by atoms with Crippen molar-refractivity contribution in [2.24, 2.45) is 0 Å². The van der Waals surface area contributed by atoms with Crippen LogP contribution in [0.1, 0.15) is 226 Å². The molecule has 0 bridgehead atoms. The lowest BCUT2D eigenvalue weighted by Crippen LogP contribution is -2.30.